The number of hydrogen-bond donors (Lipinski definition) is 0. The van der Waals surface area contributed by atoms with Gasteiger partial charge in [-0.3, -0.25) is 9.78 Å². The molecule has 0 atom stereocenters. The first kappa shape index (κ1) is 10.2. The summed E-state index contributed by atoms with van der Waals surface area (Å²) in [5, 5.41) is 8.71. The number of nitrogens with zero attached hydrogens (tertiary/aromatic N) is 3. The lowest BCUT2D eigenvalue weighted by molar-refractivity contribution is 0.100. The highest BCUT2D eigenvalue weighted by molar-refractivity contribution is 5.98. The fraction of sp³-hybridized carbons (Fsp3) is 0.273. The summed E-state index contributed by atoms with van der Waals surface area (Å²) in [7, 11) is 0. The first-order valence-corrected chi connectivity index (χ1v) is 4.78. The number of hydrogen-bond acceptors (Lipinski definition) is 4. The SMILES string of the molecule is N#Cc1cnc(C2CC2)c(C(=O)N=C=O)c1. The Kier molecular flexibility index (Phi) is 2.59. The lowest BCUT2D eigenvalue weighted by Gasteiger charge is -2.03. The third-order valence-electron chi connectivity index (χ3n) is 2.39. The standard InChI is InChI=1S/C11H7N3O2/c12-4-7-3-9(11(16)14-6-15)10(13-5-7)8-1-2-8/h3,5,8H,1-2H2. The van der Waals surface area contributed by atoms with E-state index in [1.54, 1.807) is 0 Å². The second-order valence-electron chi connectivity index (χ2n) is 3.55. The van der Waals surface area contributed by atoms with Crippen LogP contribution in [0.15, 0.2) is 17.3 Å². The molecule has 1 heterocycles. The van der Waals surface area contributed by atoms with Crippen LogP contribution < -0.4 is 0 Å². The smallest absolute Gasteiger partial charge is 0.266 e. The molecule has 1 aliphatic rings. The molecule has 0 saturated heterocycles. The molecule has 0 radical (unpaired) electrons. The molecule has 1 saturated carbocycles. The number of aliphatic imine (C=N–C) groups is 1. The fourth-order valence-corrected chi connectivity index (χ4v) is 1.49. The van der Waals surface area contributed by atoms with Gasteiger partial charge in [0.2, 0.25) is 6.08 Å². The van der Waals surface area contributed by atoms with Crippen molar-refractivity contribution in [2.24, 2.45) is 4.99 Å². The topological polar surface area (TPSA) is 83.2 Å². The Morgan fingerprint density at radius 3 is 2.88 bits per heavy atom. The van der Waals surface area contributed by atoms with Crippen LogP contribution in [0.2, 0.25) is 0 Å². The van der Waals surface area contributed by atoms with Gasteiger partial charge in [0.1, 0.15) is 6.07 Å². The van der Waals surface area contributed by atoms with E-state index < -0.39 is 5.91 Å². The van der Waals surface area contributed by atoms with E-state index in [-0.39, 0.29) is 17.0 Å². The Balaban J connectivity index is 2.50. The van der Waals surface area contributed by atoms with Crippen molar-refractivity contribution in [3.05, 3.63) is 29.1 Å². The Labute approximate surface area is 91.4 Å². The summed E-state index contributed by atoms with van der Waals surface area (Å²) in [4.78, 5) is 28.7. The minimum Gasteiger partial charge on any atom is -0.266 e. The van der Waals surface area contributed by atoms with Crippen LogP contribution >= 0.6 is 0 Å². The maximum Gasteiger partial charge on any atom is 0.289 e. The molecule has 1 aromatic heterocycles. The largest absolute Gasteiger partial charge is 0.289 e. The van der Waals surface area contributed by atoms with Gasteiger partial charge in [-0.25, -0.2) is 4.79 Å². The van der Waals surface area contributed by atoms with Crippen LogP contribution in [-0.4, -0.2) is 17.0 Å². The molecule has 16 heavy (non-hydrogen) atoms. The average Bonchev–Trinajstić information content (AvgIpc) is 3.12. The van der Waals surface area contributed by atoms with E-state index in [9.17, 15) is 9.59 Å². The van der Waals surface area contributed by atoms with E-state index in [1.807, 2.05) is 6.07 Å². The molecule has 2 rings (SSSR count). The summed E-state index contributed by atoms with van der Waals surface area (Å²) in [6.45, 7) is 0. The molecule has 5 heteroatoms. The second kappa shape index (κ2) is 4.05. The fourth-order valence-electron chi connectivity index (χ4n) is 1.49. The van der Waals surface area contributed by atoms with Crippen LogP contribution in [0.1, 0.15) is 40.4 Å². The van der Waals surface area contributed by atoms with Gasteiger partial charge >= 0.3 is 0 Å². The van der Waals surface area contributed by atoms with Gasteiger partial charge in [0, 0.05) is 12.1 Å². The summed E-state index contributed by atoms with van der Waals surface area (Å²) in [5.41, 5.74) is 1.15. The maximum absolute atomic E-state index is 11.5. The van der Waals surface area contributed by atoms with Crippen LogP contribution in [0.5, 0.6) is 0 Å². The van der Waals surface area contributed by atoms with Crippen LogP contribution in [0.4, 0.5) is 0 Å². The summed E-state index contributed by atoms with van der Waals surface area (Å²) < 4.78 is 0. The lowest BCUT2D eigenvalue weighted by atomic mass is 10.1. The first-order valence-electron chi connectivity index (χ1n) is 4.78. The molecule has 0 spiro atoms. The van der Waals surface area contributed by atoms with Crippen molar-refractivity contribution < 1.29 is 9.59 Å². The zero-order valence-corrected chi connectivity index (χ0v) is 8.30. The molecule has 5 nitrogen and oxygen atoms in total. The number of nitriles is 1. The van der Waals surface area contributed by atoms with Crippen molar-refractivity contribution in [1.29, 1.82) is 5.26 Å². The van der Waals surface area contributed by atoms with E-state index in [2.05, 4.69) is 9.98 Å². The first-order chi connectivity index (χ1) is 7.76. The van der Waals surface area contributed by atoms with Crippen LogP contribution in [-0.2, 0) is 4.79 Å². The number of rotatable bonds is 2. The van der Waals surface area contributed by atoms with Gasteiger partial charge in [-0.05, 0) is 18.9 Å². The number of isocyanates is 1. The van der Waals surface area contributed by atoms with Crippen LogP contribution in [0, 0.1) is 11.3 Å². The minimum absolute atomic E-state index is 0.241. The molecule has 1 amide bonds. The highest BCUT2D eigenvalue weighted by Gasteiger charge is 2.29. The number of amides is 1. The van der Waals surface area contributed by atoms with Gasteiger partial charge < -0.3 is 0 Å². The van der Waals surface area contributed by atoms with E-state index in [1.165, 1.54) is 18.3 Å². The molecule has 0 N–H and O–H groups in total. The Morgan fingerprint density at radius 2 is 2.31 bits per heavy atom. The zero-order valence-electron chi connectivity index (χ0n) is 8.30. The van der Waals surface area contributed by atoms with E-state index in [0.29, 0.717) is 5.69 Å². The van der Waals surface area contributed by atoms with Gasteiger partial charge in [0.05, 0.1) is 16.8 Å². The predicted molar refractivity (Wildman–Crippen MR) is 53.4 cm³/mol. The van der Waals surface area contributed by atoms with Gasteiger partial charge in [0.15, 0.2) is 0 Å². The quantitative estimate of drug-likeness (QED) is 0.547. The normalized spacial score (nSPS) is 13.7. The number of pyridine rings is 1. The van der Waals surface area contributed by atoms with Gasteiger partial charge in [0.25, 0.3) is 5.91 Å². The van der Waals surface area contributed by atoms with Crippen molar-refractivity contribution in [2.75, 3.05) is 0 Å². The molecule has 1 aliphatic carbocycles. The van der Waals surface area contributed by atoms with Gasteiger partial charge in [-0.2, -0.15) is 5.26 Å². The molecular weight excluding hydrogens is 206 g/mol. The lowest BCUT2D eigenvalue weighted by Crippen LogP contribution is -2.03. The second-order valence-corrected chi connectivity index (χ2v) is 3.55. The van der Waals surface area contributed by atoms with Crippen LogP contribution in [0.25, 0.3) is 0 Å². The Morgan fingerprint density at radius 1 is 1.56 bits per heavy atom. The van der Waals surface area contributed by atoms with E-state index in [4.69, 9.17) is 5.26 Å². The van der Waals surface area contributed by atoms with Crippen molar-refractivity contribution in [3.63, 3.8) is 0 Å². The zero-order chi connectivity index (χ0) is 11.5. The van der Waals surface area contributed by atoms with Crippen molar-refractivity contribution in [3.8, 4) is 6.07 Å². The Hall–Kier alpha value is -2.31. The summed E-state index contributed by atoms with van der Waals surface area (Å²) in [5.74, 6) is -0.421. The number of carbonyl (C=O) groups is 1. The molecule has 1 fully saturated rings. The van der Waals surface area contributed by atoms with Crippen molar-refractivity contribution in [2.45, 2.75) is 18.8 Å². The third-order valence-corrected chi connectivity index (χ3v) is 2.39. The molecule has 1 aromatic rings. The minimum atomic E-state index is -0.679. The molecule has 0 aromatic carbocycles. The maximum atomic E-state index is 11.5. The van der Waals surface area contributed by atoms with E-state index in [0.717, 1.165) is 12.8 Å². The summed E-state index contributed by atoms with van der Waals surface area (Å²) >= 11 is 0. The third kappa shape index (κ3) is 1.88. The predicted octanol–water partition coefficient (Wildman–Crippen LogP) is 1.31. The molecule has 78 valence electrons. The number of aromatic nitrogens is 1. The molecular formula is C11H7N3O2. The monoisotopic (exact) mass is 213 g/mol. The summed E-state index contributed by atoms with van der Waals surface area (Å²) in [6.07, 6.45) is 4.58. The van der Waals surface area contributed by atoms with E-state index >= 15 is 0 Å². The van der Waals surface area contributed by atoms with Gasteiger partial charge in [-0.1, -0.05) is 0 Å². The molecule has 0 unspecified atom stereocenters. The van der Waals surface area contributed by atoms with Crippen molar-refractivity contribution in [1.82, 2.24) is 4.98 Å². The molecule has 0 aliphatic heterocycles. The van der Waals surface area contributed by atoms with Crippen LogP contribution in [0.3, 0.4) is 0 Å². The number of carbonyl (C=O) groups excluding carboxylic acids is 2. The molecule has 0 bridgehead atoms. The highest BCUT2D eigenvalue weighted by atomic mass is 16.2. The summed E-state index contributed by atoms with van der Waals surface area (Å²) in [6, 6.07) is 3.32. The van der Waals surface area contributed by atoms with Crippen molar-refractivity contribution >= 4 is 12.0 Å². The highest BCUT2D eigenvalue weighted by Crippen LogP contribution is 2.40. The Bertz CT molecular complexity index is 535. The van der Waals surface area contributed by atoms with Gasteiger partial charge in [-0.15, -0.1) is 4.99 Å². The average molecular weight is 213 g/mol.